The first-order valence-electron chi connectivity index (χ1n) is 9.88. The van der Waals surface area contributed by atoms with Crippen molar-refractivity contribution in [2.24, 2.45) is 5.92 Å². The van der Waals surface area contributed by atoms with Gasteiger partial charge in [0, 0.05) is 19.0 Å². The zero-order valence-corrected chi connectivity index (χ0v) is 17.9. The highest BCUT2D eigenvalue weighted by Crippen LogP contribution is 2.32. The van der Waals surface area contributed by atoms with Crippen molar-refractivity contribution in [3.05, 3.63) is 60.2 Å². The van der Waals surface area contributed by atoms with Gasteiger partial charge in [-0.25, -0.2) is 0 Å². The molecule has 8 nitrogen and oxygen atoms in total. The van der Waals surface area contributed by atoms with Crippen molar-refractivity contribution in [1.29, 1.82) is 0 Å². The number of aliphatic hydroxyl groups excluding tert-OH is 2. The number of para-hydroxylation sites is 1. The van der Waals surface area contributed by atoms with Crippen LogP contribution in [-0.2, 0) is 19.1 Å². The van der Waals surface area contributed by atoms with E-state index in [1.807, 2.05) is 30.3 Å². The highest BCUT2D eigenvalue weighted by atomic mass is 16.5. The molecule has 0 aliphatic heterocycles. The van der Waals surface area contributed by atoms with Gasteiger partial charge in [0.15, 0.2) is 0 Å². The molecule has 0 unspecified atom stereocenters. The normalized spacial score (nSPS) is 14.6. The number of hydrogen-bond donors (Lipinski definition) is 3. The second-order valence-electron chi connectivity index (χ2n) is 7.07. The summed E-state index contributed by atoms with van der Waals surface area (Å²) in [5.41, 5.74) is 1.46. The number of methoxy groups -OCH3 is 2. The fraction of sp³-hybridized carbons (Fsp3) is 0.391. The first-order chi connectivity index (χ1) is 14.8. The molecule has 8 heteroatoms. The molecule has 0 bridgehead atoms. The molecule has 0 heterocycles. The topological polar surface area (TPSA) is 114 Å². The monoisotopic (exact) mass is 431 g/mol. The van der Waals surface area contributed by atoms with Gasteiger partial charge in [-0.2, -0.15) is 0 Å². The molecule has 0 aliphatic rings. The smallest absolute Gasteiger partial charge is 0.313 e. The number of aliphatic hydroxyl groups is 2. The lowest BCUT2D eigenvalue weighted by molar-refractivity contribution is -0.153. The third kappa shape index (κ3) is 7.27. The van der Waals surface area contributed by atoms with Gasteiger partial charge in [0.2, 0.25) is 0 Å². The van der Waals surface area contributed by atoms with E-state index in [1.54, 1.807) is 31.4 Å². The fourth-order valence-electron chi connectivity index (χ4n) is 3.26. The zero-order chi connectivity index (χ0) is 22.8. The summed E-state index contributed by atoms with van der Waals surface area (Å²) >= 11 is 0. The largest absolute Gasteiger partial charge is 0.497 e. The summed E-state index contributed by atoms with van der Waals surface area (Å²) in [7, 11) is 2.80. The maximum Gasteiger partial charge on any atom is 0.313 e. The van der Waals surface area contributed by atoms with Crippen molar-refractivity contribution in [2.45, 2.75) is 31.6 Å². The van der Waals surface area contributed by atoms with Crippen LogP contribution in [0.4, 0.5) is 5.69 Å². The molecular weight excluding hydrogens is 402 g/mol. The van der Waals surface area contributed by atoms with Crippen molar-refractivity contribution >= 4 is 17.6 Å². The molecule has 31 heavy (non-hydrogen) atoms. The Balaban J connectivity index is 2.35. The van der Waals surface area contributed by atoms with E-state index < -0.39 is 36.1 Å². The van der Waals surface area contributed by atoms with Crippen LogP contribution < -0.4 is 10.1 Å². The van der Waals surface area contributed by atoms with Crippen LogP contribution in [-0.4, -0.2) is 55.2 Å². The van der Waals surface area contributed by atoms with Gasteiger partial charge < -0.3 is 29.7 Å². The molecule has 0 saturated carbocycles. The molecule has 2 aromatic rings. The molecule has 0 fully saturated rings. The lowest BCUT2D eigenvalue weighted by Crippen LogP contribution is -2.40. The molecule has 0 amide bonds. The average Bonchev–Trinajstić information content (AvgIpc) is 2.77. The lowest BCUT2D eigenvalue weighted by atomic mass is 9.85. The quantitative estimate of drug-likeness (QED) is 0.465. The van der Waals surface area contributed by atoms with Gasteiger partial charge in [0.1, 0.15) is 18.3 Å². The van der Waals surface area contributed by atoms with Gasteiger partial charge >= 0.3 is 11.9 Å². The minimum atomic E-state index is -1.28. The zero-order valence-electron chi connectivity index (χ0n) is 17.9. The Morgan fingerprint density at radius 1 is 1.00 bits per heavy atom. The Bertz CT molecular complexity index is 826. The number of benzene rings is 2. The van der Waals surface area contributed by atoms with Crippen molar-refractivity contribution in [2.75, 3.05) is 26.1 Å². The predicted molar refractivity (Wildman–Crippen MR) is 115 cm³/mol. The molecule has 0 aliphatic carbocycles. The molecule has 168 valence electrons. The van der Waals surface area contributed by atoms with Crippen LogP contribution in [0, 0.1) is 5.92 Å². The summed E-state index contributed by atoms with van der Waals surface area (Å²) in [6.07, 6.45) is -2.60. The molecule has 4 atom stereocenters. The van der Waals surface area contributed by atoms with E-state index >= 15 is 0 Å². The van der Waals surface area contributed by atoms with E-state index in [0.29, 0.717) is 11.3 Å². The van der Waals surface area contributed by atoms with Crippen molar-refractivity contribution in [1.82, 2.24) is 0 Å². The molecular formula is C23H29NO7. The molecule has 0 radical (unpaired) electrons. The molecule has 2 aromatic carbocycles. The Morgan fingerprint density at radius 3 is 2.19 bits per heavy atom. The van der Waals surface area contributed by atoms with Crippen LogP contribution in [0.15, 0.2) is 54.6 Å². The lowest BCUT2D eigenvalue weighted by Gasteiger charge is -2.31. The summed E-state index contributed by atoms with van der Waals surface area (Å²) in [6, 6.07) is 15.7. The second-order valence-corrected chi connectivity index (χ2v) is 7.07. The fourth-order valence-corrected chi connectivity index (χ4v) is 3.26. The van der Waals surface area contributed by atoms with Crippen LogP contribution in [0.25, 0.3) is 0 Å². The number of carbonyl (C=O) groups excluding carboxylic acids is 2. The van der Waals surface area contributed by atoms with Crippen LogP contribution in [0.1, 0.15) is 24.9 Å². The number of esters is 2. The summed E-state index contributed by atoms with van der Waals surface area (Å²) in [5, 5.41) is 24.3. The van der Waals surface area contributed by atoms with Gasteiger partial charge in [0.25, 0.3) is 0 Å². The van der Waals surface area contributed by atoms with Crippen LogP contribution >= 0.6 is 0 Å². The van der Waals surface area contributed by atoms with Crippen LogP contribution in [0.2, 0.25) is 0 Å². The summed E-state index contributed by atoms with van der Waals surface area (Å²) in [5.74, 6) is -1.59. The average molecular weight is 431 g/mol. The number of nitrogens with one attached hydrogen (secondary N) is 1. The van der Waals surface area contributed by atoms with E-state index in [4.69, 9.17) is 14.2 Å². The minimum Gasteiger partial charge on any atom is -0.497 e. The van der Waals surface area contributed by atoms with Gasteiger partial charge in [-0.1, -0.05) is 30.3 Å². The maximum absolute atomic E-state index is 12.7. The number of ether oxygens (including phenoxy) is 3. The van der Waals surface area contributed by atoms with E-state index in [-0.39, 0.29) is 13.0 Å². The van der Waals surface area contributed by atoms with Crippen LogP contribution in [0.5, 0.6) is 5.75 Å². The van der Waals surface area contributed by atoms with Gasteiger partial charge in [-0.3, -0.25) is 9.59 Å². The Hall–Kier alpha value is -3.10. The number of rotatable bonds is 11. The van der Waals surface area contributed by atoms with Crippen LogP contribution in [0.3, 0.4) is 0 Å². The summed E-state index contributed by atoms with van der Waals surface area (Å²) in [4.78, 5) is 23.7. The Labute approximate surface area is 181 Å². The second kappa shape index (κ2) is 11.9. The molecule has 0 saturated heterocycles. The first-order valence-corrected chi connectivity index (χ1v) is 9.88. The van der Waals surface area contributed by atoms with Crippen molar-refractivity contribution < 1.29 is 34.0 Å². The number of carbonyl (C=O) groups is 2. The highest BCUT2D eigenvalue weighted by Gasteiger charge is 2.38. The number of hydrogen-bond acceptors (Lipinski definition) is 8. The van der Waals surface area contributed by atoms with E-state index in [2.05, 4.69) is 5.32 Å². The van der Waals surface area contributed by atoms with Gasteiger partial charge in [-0.05, 0) is 29.8 Å². The predicted octanol–water partition coefficient (Wildman–Crippen LogP) is 2.31. The number of anilines is 1. The summed E-state index contributed by atoms with van der Waals surface area (Å²) < 4.78 is 15.0. The SMILES string of the molecule is COC(=O)[C@@H]([C@H](O)C[C@H](O)COC(C)=O)[C@@H](Nc1ccccc1)c1ccc(OC)cc1. The van der Waals surface area contributed by atoms with Gasteiger partial charge in [0.05, 0.1) is 32.5 Å². The molecule has 3 N–H and O–H groups in total. The van der Waals surface area contributed by atoms with E-state index in [1.165, 1.54) is 14.0 Å². The van der Waals surface area contributed by atoms with Gasteiger partial charge in [-0.15, -0.1) is 0 Å². The van der Waals surface area contributed by atoms with E-state index in [9.17, 15) is 19.8 Å². The first kappa shape index (κ1) is 24.2. The standard InChI is InChI=1S/C23H29NO7/c1-15(25)31-14-18(26)13-20(27)21(23(28)30-3)22(24-17-7-5-4-6-8-17)16-9-11-19(29-2)12-10-16/h4-12,18,20-22,24,26-27H,13-14H2,1-3H3/t18-,20+,21-,22-/m0/s1. The Morgan fingerprint density at radius 2 is 1.65 bits per heavy atom. The van der Waals surface area contributed by atoms with Crippen molar-refractivity contribution in [3.63, 3.8) is 0 Å². The third-order valence-electron chi connectivity index (χ3n) is 4.81. The molecule has 2 rings (SSSR count). The van der Waals surface area contributed by atoms with E-state index in [0.717, 1.165) is 5.69 Å². The minimum absolute atomic E-state index is 0.184. The third-order valence-corrected chi connectivity index (χ3v) is 4.81. The Kier molecular flexibility index (Phi) is 9.30. The molecule has 0 spiro atoms. The summed E-state index contributed by atoms with van der Waals surface area (Å²) in [6.45, 7) is 0.948. The maximum atomic E-state index is 12.7. The highest BCUT2D eigenvalue weighted by molar-refractivity contribution is 5.75. The van der Waals surface area contributed by atoms with Crippen molar-refractivity contribution in [3.8, 4) is 5.75 Å². The molecule has 0 aromatic heterocycles.